The zero-order valence-electron chi connectivity index (χ0n) is 16.3. The molecule has 1 fully saturated rings. The fraction of sp³-hybridized carbons (Fsp3) is 0.238. The summed E-state index contributed by atoms with van der Waals surface area (Å²) in [7, 11) is 0. The second-order valence-electron chi connectivity index (χ2n) is 7.09. The molecule has 8 nitrogen and oxygen atoms in total. The Balaban J connectivity index is 1.46. The van der Waals surface area contributed by atoms with Crippen molar-refractivity contribution in [3.05, 3.63) is 86.0 Å². The third-order valence-corrected chi connectivity index (χ3v) is 5.46. The number of aromatic nitrogens is 2. The summed E-state index contributed by atoms with van der Waals surface area (Å²) >= 11 is 6.35. The highest BCUT2D eigenvalue weighted by molar-refractivity contribution is 6.33. The molecule has 160 valence electrons. The Morgan fingerprint density at radius 1 is 1.10 bits per heavy atom. The van der Waals surface area contributed by atoms with Crippen LogP contribution in [0.15, 0.2) is 59.5 Å². The summed E-state index contributed by atoms with van der Waals surface area (Å²) in [5.41, 5.74) is 0.337. The first-order valence-corrected chi connectivity index (χ1v) is 10.00. The lowest BCUT2D eigenvalue weighted by molar-refractivity contribution is -0.384. The van der Waals surface area contributed by atoms with E-state index >= 15 is 0 Å². The fourth-order valence-electron chi connectivity index (χ4n) is 3.46. The van der Waals surface area contributed by atoms with Gasteiger partial charge in [-0.3, -0.25) is 14.9 Å². The van der Waals surface area contributed by atoms with Crippen molar-refractivity contribution in [2.45, 2.75) is 18.9 Å². The van der Waals surface area contributed by atoms with Crippen molar-refractivity contribution < 1.29 is 14.1 Å². The number of piperidine rings is 1. The molecule has 3 aromatic rings. The molecule has 0 amide bonds. The number of nitro benzene ring substituents is 1. The van der Waals surface area contributed by atoms with Crippen molar-refractivity contribution in [1.82, 2.24) is 9.78 Å². The van der Waals surface area contributed by atoms with E-state index in [1.807, 2.05) is 4.90 Å². The van der Waals surface area contributed by atoms with E-state index in [1.165, 1.54) is 42.6 Å². The lowest BCUT2D eigenvalue weighted by Gasteiger charge is -2.33. The quantitative estimate of drug-likeness (QED) is 0.436. The van der Waals surface area contributed by atoms with Crippen LogP contribution in [0.5, 0.6) is 5.75 Å². The van der Waals surface area contributed by atoms with Crippen LogP contribution in [0, 0.1) is 15.9 Å². The molecular weight excluding hydrogens is 427 g/mol. The number of nitro groups is 1. The van der Waals surface area contributed by atoms with Crippen LogP contribution in [0.3, 0.4) is 0 Å². The van der Waals surface area contributed by atoms with Crippen LogP contribution in [0.25, 0.3) is 5.69 Å². The van der Waals surface area contributed by atoms with Crippen LogP contribution < -0.4 is 15.2 Å². The predicted octanol–water partition coefficient (Wildman–Crippen LogP) is 3.98. The summed E-state index contributed by atoms with van der Waals surface area (Å²) in [6, 6.07) is 11.4. The zero-order valence-corrected chi connectivity index (χ0v) is 17.0. The second-order valence-corrected chi connectivity index (χ2v) is 7.47. The number of rotatable bonds is 5. The number of non-ortho nitro benzene ring substituents is 1. The number of anilines is 1. The topological polar surface area (TPSA) is 90.5 Å². The molecule has 4 rings (SSSR count). The number of hydrogen-bond donors (Lipinski definition) is 0. The molecule has 1 aromatic heterocycles. The maximum absolute atomic E-state index is 13.0. The number of nitrogens with zero attached hydrogens (tertiary/aromatic N) is 4. The van der Waals surface area contributed by atoms with E-state index in [1.54, 1.807) is 12.1 Å². The minimum absolute atomic E-state index is 0.0195. The van der Waals surface area contributed by atoms with E-state index in [2.05, 4.69) is 5.10 Å². The molecule has 2 aromatic carbocycles. The van der Waals surface area contributed by atoms with Crippen LogP contribution in [-0.2, 0) is 0 Å². The van der Waals surface area contributed by atoms with Gasteiger partial charge >= 0.3 is 0 Å². The Morgan fingerprint density at radius 2 is 1.74 bits per heavy atom. The molecule has 1 aliphatic heterocycles. The highest BCUT2D eigenvalue weighted by atomic mass is 35.5. The first-order valence-electron chi connectivity index (χ1n) is 9.62. The average Bonchev–Trinajstić information content (AvgIpc) is 2.78. The Morgan fingerprint density at radius 3 is 2.35 bits per heavy atom. The summed E-state index contributed by atoms with van der Waals surface area (Å²) in [5, 5.41) is 15.0. The molecule has 0 radical (unpaired) electrons. The van der Waals surface area contributed by atoms with Crippen LogP contribution in [0.4, 0.5) is 15.8 Å². The third-order valence-electron chi connectivity index (χ3n) is 5.10. The van der Waals surface area contributed by atoms with Crippen LogP contribution >= 0.6 is 11.6 Å². The minimum atomic E-state index is -0.514. The molecule has 0 atom stereocenters. The molecule has 0 spiro atoms. The van der Waals surface area contributed by atoms with Crippen molar-refractivity contribution in [3.63, 3.8) is 0 Å². The van der Waals surface area contributed by atoms with Gasteiger partial charge in [0.05, 0.1) is 22.5 Å². The van der Waals surface area contributed by atoms with Gasteiger partial charge < -0.3 is 9.64 Å². The van der Waals surface area contributed by atoms with Gasteiger partial charge in [-0.25, -0.2) is 4.39 Å². The average molecular weight is 445 g/mol. The van der Waals surface area contributed by atoms with E-state index in [9.17, 15) is 19.3 Å². The summed E-state index contributed by atoms with van der Waals surface area (Å²) in [6.07, 6.45) is 2.92. The van der Waals surface area contributed by atoms with E-state index in [0.717, 1.165) is 4.68 Å². The number of hydrogen-bond acceptors (Lipinski definition) is 6. The lowest BCUT2D eigenvalue weighted by atomic mass is 10.1. The van der Waals surface area contributed by atoms with E-state index in [4.69, 9.17) is 16.3 Å². The predicted molar refractivity (Wildman–Crippen MR) is 114 cm³/mol. The van der Waals surface area contributed by atoms with Crippen LogP contribution in [0.1, 0.15) is 12.8 Å². The van der Waals surface area contributed by atoms with Gasteiger partial charge in [-0.05, 0) is 36.4 Å². The Labute approximate surface area is 181 Å². The van der Waals surface area contributed by atoms with Gasteiger partial charge in [-0.1, -0.05) is 11.6 Å². The van der Waals surface area contributed by atoms with Gasteiger partial charge in [0, 0.05) is 38.1 Å². The standard InChI is InChI=1S/C21H18ClFN4O4/c22-20-19(13-24-26(21(20)28)15-3-5-16(6-4-15)27(29)30)25-11-9-18(10-12-25)31-17-7-1-14(23)2-8-17/h1-8,13,18H,9-12H2. The molecule has 0 bridgehead atoms. The number of ether oxygens (including phenoxy) is 1. The highest BCUT2D eigenvalue weighted by Gasteiger charge is 2.24. The van der Waals surface area contributed by atoms with Crippen molar-refractivity contribution in [2.75, 3.05) is 18.0 Å². The first kappa shape index (κ1) is 20.8. The summed E-state index contributed by atoms with van der Waals surface area (Å²) in [5.74, 6) is 0.304. The molecule has 1 saturated heterocycles. The molecule has 1 aliphatic rings. The Bertz CT molecular complexity index is 1140. The largest absolute Gasteiger partial charge is 0.490 e. The summed E-state index contributed by atoms with van der Waals surface area (Å²) in [6.45, 7) is 1.24. The van der Waals surface area contributed by atoms with E-state index in [0.29, 0.717) is 43.1 Å². The molecular formula is C21H18ClFN4O4. The van der Waals surface area contributed by atoms with Gasteiger partial charge in [0.2, 0.25) is 0 Å². The summed E-state index contributed by atoms with van der Waals surface area (Å²) in [4.78, 5) is 25.0. The molecule has 31 heavy (non-hydrogen) atoms. The monoisotopic (exact) mass is 444 g/mol. The van der Waals surface area contributed by atoms with Gasteiger partial charge in [0.1, 0.15) is 22.7 Å². The van der Waals surface area contributed by atoms with Crippen molar-refractivity contribution in [3.8, 4) is 11.4 Å². The number of benzene rings is 2. The molecule has 0 N–H and O–H groups in total. The molecule has 0 saturated carbocycles. The smallest absolute Gasteiger partial charge is 0.292 e. The Hall–Kier alpha value is -3.46. The van der Waals surface area contributed by atoms with Crippen molar-refractivity contribution in [1.29, 1.82) is 0 Å². The SMILES string of the molecule is O=c1c(Cl)c(N2CCC(Oc3ccc(F)cc3)CC2)cnn1-c1ccc([N+](=O)[O-])cc1. The lowest BCUT2D eigenvalue weighted by Crippen LogP contribution is -2.39. The van der Waals surface area contributed by atoms with Crippen molar-refractivity contribution in [2.24, 2.45) is 0 Å². The van der Waals surface area contributed by atoms with Gasteiger partial charge in [0.15, 0.2) is 0 Å². The van der Waals surface area contributed by atoms with Gasteiger partial charge in [-0.2, -0.15) is 9.78 Å². The first-order chi connectivity index (χ1) is 14.9. The molecule has 0 unspecified atom stereocenters. The number of halogens is 2. The van der Waals surface area contributed by atoms with Crippen LogP contribution in [0.2, 0.25) is 5.02 Å². The second kappa shape index (κ2) is 8.73. The highest BCUT2D eigenvalue weighted by Crippen LogP contribution is 2.27. The normalized spacial score (nSPS) is 14.5. The maximum atomic E-state index is 13.0. The zero-order chi connectivity index (χ0) is 22.0. The Kier molecular flexibility index (Phi) is 5.85. The fourth-order valence-corrected chi connectivity index (χ4v) is 3.71. The maximum Gasteiger partial charge on any atom is 0.292 e. The van der Waals surface area contributed by atoms with E-state index < -0.39 is 10.5 Å². The van der Waals surface area contributed by atoms with Crippen molar-refractivity contribution >= 4 is 23.0 Å². The minimum Gasteiger partial charge on any atom is -0.490 e. The van der Waals surface area contributed by atoms with E-state index in [-0.39, 0.29) is 22.6 Å². The van der Waals surface area contributed by atoms with Crippen LogP contribution in [-0.4, -0.2) is 33.9 Å². The van der Waals surface area contributed by atoms with Gasteiger partial charge in [0.25, 0.3) is 11.2 Å². The van der Waals surface area contributed by atoms with Gasteiger partial charge in [-0.15, -0.1) is 0 Å². The summed E-state index contributed by atoms with van der Waals surface area (Å²) < 4.78 is 20.0. The molecule has 10 heteroatoms. The third kappa shape index (κ3) is 4.51. The molecule has 0 aliphatic carbocycles. The molecule has 2 heterocycles.